The van der Waals surface area contributed by atoms with Crippen LogP contribution in [0.15, 0.2) is 65.1 Å². The Morgan fingerprint density at radius 2 is 1.80 bits per heavy atom. The Kier molecular flexibility index (Phi) is 4.29. The van der Waals surface area contributed by atoms with Crippen molar-refractivity contribution in [2.24, 2.45) is 0 Å². The molecule has 0 saturated carbocycles. The largest absolute Gasteiger partial charge is 0.430 e. The van der Waals surface area contributed by atoms with Crippen LogP contribution in [-0.2, 0) is 4.79 Å². The fourth-order valence-electron chi connectivity index (χ4n) is 3.66. The van der Waals surface area contributed by atoms with Crippen molar-refractivity contribution in [3.63, 3.8) is 0 Å². The minimum absolute atomic E-state index is 0.0617. The quantitative estimate of drug-likeness (QED) is 0.495. The van der Waals surface area contributed by atoms with Crippen LogP contribution in [0, 0.1) is 6.92 Å². The van der Waals surface area contributed by atoms with Gasteiger partial charge in [-0.2, -0.15) is 0 Å². The fourth-order valence-corrected chi connectivity index (χ4v) is 3.78. The van der Waals surface area contributed by atoms with Crippen LogP contribution >= 0.6 is 11.6 Å². The second-order valence-corrected chi connectivity index (χ2v) is 7.53. The summed E-state index contributed by atoms with van der Waals surface area (Å²) in [6, 6.07) is 18.4. The second kappa shape index (κ2) is 7.00. The molecule has 4 aromatic rings. The van der Waals surface area contributed by atoms with Crippen molar-refractivity contribution in [1.29, 1.82) is 0 Å². The summed E-state index contributed by atoms with van der Waals surface area (Å²) in [5.74, 6) is -0.665. The molecule has 2 aromatic heterocycles. The molecule has 2 amide bonds. The molecule has 0 atom stereocenters. The topological polar surface area (TPSA) is 75.4 Å². The molecule has 0 radical (unpaired) electrons. The third-order valence-corrected chi connectivity index (χ3v) is 5.32. The average molecular weight is 418 g/mol. The third kappa shape index (κ3) is 3.02. The van der Waals surface area contributed by atoms with E-state index >= 15 is 0 Å². The normalized spacial score (nSPS) is 13.9. The fraction of sp³-hybridized carbons (Fsp3) is 0.0870. The molecule has 0 spiro atoms. The Labute approximate surface area is 177 Å². The van der Waals surface area contributed by atoms with E-state index in [4.69, 9.17) is 16.0 Å². The predicted octanol–water partition coefficient (Wildman–Crippen LogP) is 5.06. The van der Waals surface area contributed by atoms with Gasteiger partial charge in [0.25, 0.3) is 5.91 Å². The van der Waals surface area contributed by atoms with Gasteiger partial charge in [0.1, 0.15) is 12.2 Å². The first-order valence-corrected chi connectivity index (χ1v) is 9.76. The molecular weight excluding hydrogens is 402 g/mol. The lowest BCUT2D eigenvalue weighted by Gasteiger charge is -2.18. The third-order valence-electron chi connectivity index (χ3n) is 5.07. The van der Waals surface area contributed by atoms with Crippen molar-refractivity contribution >= 4 is 45.9 Å². The summed E-state index contributed by atoms with van der Waals surface area (Å²) < 4.78 is 5.91. The maximum atomic E-state index is 13.3. The molecule has 0 saturated heterocycles. The number of aryl methyl sites for hydroxylation is 1. The first kappa shape index (κ1) is 18.4. The van der Waals surface area contributed by atoms with Gasteiger partial charge in [-0.05, 0) is 42.8 Å². The summed E-state index contributed by atoms with van der Waals surface area (Å²) in [6.07, 6.45) is 0. The molecule has 30 heavy (non-hydrogen) atoms. The molecular formula is C23H16ClN3O3. The van der Waals surface area contributed by atoms with E-state index in [2.05, 4.69) is 10.3 Å². The number of rotatable bonds is 2. The number of carbonyl (C=O) groups excluding carboxylic acids is 2. The highest BCUT2D eigenvalue weighted by molar-refractivity contribution is 6.30. The minimum Gasteiger partial charge on any atom is -0.430 e. The number of hydrogen-bond acceptors (Lipinski definition) is 4. The van der Waals surface area contributed by atoms with Gasteiger partial charge in [0.2, 0.25) is 17.4 Å². The lowest BCUT2D eigenvalue weighted by atomic mass is 10.1. The number of nitrogens with one attached hydrogen (secondary N) is 1. The van der Waals surface area contributed by atoms with Gasteiger partial charge in [-0.1, -0.05) is 41.9 Å². The lowest BCUT2D eigenvalue weighted by Crippen LogP contribution is -2.35. The summed E-state index contributed by atoms with van der Waals surface area (Å²) in [6.45, 7) is 1.78. The number of anilines is 2. The molecule has 0 bridgehead atoms. The lowest BCUT2D eigenvalue weighted by molar-refractivity contribution is -0.114. The molecule has 3 heterocycles. The van der Waals surface area contributed by atoms with Crippen LogP contribution < -0.4 is 10.2 Å². The van der Waals surface area contributed by atoms with Gasteiger partial charge in [-0.3, -0.25) is 14.5 Å². The number of fused-ring (bicyclic) bond motifs is 3. The van der Waals surface area contributed by atoms with Gasteiger partial charge < -0.3 is 9.73 Å². The van der Waals surface area contributed by atoms with E-state index in [-0.39, 0.29) is 18.2 Å². The first-order chi connectivity index (χ1) is 14.5. The second-order valence-electron chi connectivity index (χ2n) is 7.09. The minimum atomic E-state index is -0.413. The molecule has 1 N–H and O–H groups in total. The summed E-state index contributed by atoms with van der Waals surface area (Å²) in [5.41, 5.74) is 3.76. The van der Waals surface area contributed by atoms with Crippen LogP contribution in [0.4, 0.5) is 11.4 Å². The summed E-state index contributed by atoms with van der Waals surface area (Å²) >= 11 is 5.96. The van der Waals surface area contributed by atoms with Crippen molar-refractivity contribution in [1.82, 2.24) is 4.98 Å². The molecule has 5 rings (SSSR count). The number of hydrogen-bond donors (Lipinski definition) is 1. The van der Waals surface area contributed by atoms with Crippen LogP contribution in [0.25, 0.3) is 22.4 Å². The van der Waals surface area contributed by atoms with Crippen molar-refractivity contribution in [2.75, 3.05) is 16.8 Å². The van der Waals surface area contributed by atoms with E-state index in [0.717, 1.165) is 16.8 Å². The van der Waals surface area contributed by atoms with Crippen LogP contribution in [-0.4, -0.2) is 23.3 Å². The Morgan fingerprint density at radius 1 is 1.07 bits per heavy atom. The zero-order valence-electron chi connectivity index (χ0n) is 16.0. The molecule has 148 valence electrons. The zero-order chi connectivity index (χ0) is 20.8. The number of amides is 2. The molecule has 1 aliphatic heterocycles. The van der Waals surface area contributed by atoms with Crippen LogP contribution in [0.3, 0.4) is 0 Å². The molecule has 7 heteroatoms. The summed E-state index contributed by atoms with van der Waals surface area (Å²) in [4.78, 5) is 31.8. The maximum Gasteiger partial charge on any atom is 0.296 e. The smallest absolute Gasteiger partial charge is 0.296 e. The van der Waals surface area contributed by atoms with Crippen LogP contribution in [0.2, 0.25) is 5.02 Å². The van der Waals surface area contributed by atoms with Crippen molar-refractivity contribution in [3.8, 4) is 11.3 Å². The maximum absolute atomic E-state index is 13.3. The highest BCUT2D eigenvalue weighted by Crippen LogP contribution is 2.37. The standard InChI is InChI=1S/C23H16ClN3O3/c1-13-11-17(14-5-3-2-4-6-14)25-22-19(13)20-21(30-22)23(29)27(12-18(28)26-20)16-9-7-15(24)8-10-16/h2-11H,12H2,1H3,(H,26,28). The SMILES string of the molecule is Cc1cc(-c2ccccc2)nc2oc3c(c12)NC(=O)CN(c1ccc(Cl)cc1)C3=O. The van der Waals surface area contributed by atoms with Crippen molar-refractivity contribution in [3.05, 3.63) is 77.0 Å². The predicted molar refractivity (Wildman–Crippen MR) is 116 cm³/mol. The Hall–Kier alpha value is -3.64. The summed E-state index contributed by atoms with van der Waals surface area (Å²) in [7, 11) is 0. The average Bonchev–Trinajstić information content (AvgIpc) is 3.06. The van der Waals surface area contributed by atoms with E-state index in [0.29, 0.717) is 27.5 Å². The Balaban J connectivity index is 1.66. The van der Waals surface area contributed by atoms with Gasteiger partial charge >= 0.3 is 0 Å². The van der Waals surface area contributed by atoms with E-state index in [9.17, 15) is 9.59 Å². The van der Waals surface area contributed by atoms with E-state index in [1.54, 1.807) is 24.3 Å². The molecule has 6 nitrogen and oxygen atoms in total. The van der Waals surface area contributed by atoms with Crippen LogP contribution in [0.5, 0.6) is 0 Å². The number of aromatic nitrogens is 1. The van der Waals surface area contributed by atoms with Crippen LogP contribution in [0.1, 0.15) is 16.1 Å². The molecule has 0 aliphatic carbocycles. The highest BCUT2D eigenvalue weighted by atomic mass is 35.5. The monoisotopic (exact) mass is 417 g/mol. The van der Waals surface area contributed by atoms with E-state index in [1.807, 2.05) is 43.3 Å². The van der Waals surface area contributed by atoms with Gasteiger partial charge in [-0.25, -0.2) is 4.98 Å². The highest BCUT2D eigenvalue weighted by Gasteiger charge is 2.33. The van der Waals surface area contributed by atoms with Crippen molar-refractivity contribution < 1.29 is 14.0 Å². The van der Waals surface area contributed by atoms with E-state index < -0.39 is 5.91 Å². The number of halogens is 1. The van der Waals surface area contributed by atoms with Gasteiger partial charge in [0.05, 0.1) is 11.1 Å². The molecule has 0 fully saturated rings. The number of furan rings is 1. The van der Waals surface area contributed by atoms with Gasteiger partial charge in [0.15, 0.2) is 0 Å². The van der Waals surface area contributed by atoms with Gasteiger partial charge in [-0.15, -0.1) is 0 Å². The number of pyridine rings is 1. The molecule has 2 aromatic carbocycles. The molecule has 0 unspecified atom stereocenters. The number of carbonyl (C=O) groups is 2. The first-order valence-electron chi connectivity index (χ1n) is 9.38. The number of nitrogens with zero attached hydrogens (tertiary/aromatic N) is 2. The zero-order valence-corrected chi connectivity index (χ0v) is 16.7. The molecule has 1 aliphatic rings. The summed E-state index contributed by atoms with van der Waals surface area (Å²) in [5, 5.41) is 4.00. The van der Waals surface area contributed by atoms with Crippen molar-refractivity contribution in [2.45, 2.75) is 6.92 Å². The number of benzene rings is 2. The van der Waals surface area contributed by atoms with E-state index in [1.165, 1.54) is 4.90 Å². The Bertz CT molecular complexity index is 1300. The Morgan fingerprint density at radius 3 is 2.53 bits per heavy atom. The van der Waals surface area contributed by atoms with Gasteiger partial charge in [0, 0.05) is 16.3 Å².